The van der Waals surface area contributed by atoms with Gasteiger partial charge in [0.1, 0.15) is 0 Å². The lowest BCUT2D eigenvalue weighted by Gasteiger charge is -2.32. The van der Waals surface area contributed by atoms with Crippen LogP contribution in [0.4, 0.5) is 0 Å². The van der Waals surface area contributed by atoms with E-state index >= 15 is 0 Å². The fraction of sp³-hybridized carbons (Fsp3) is 0.556. The van der Waals surface area contributed by atoms with Gasteiger partial charge >= 0.3 is 0 Å². The van der Waals surface area contributed by atoms with Crippen molar-refractivity contribution in [3.05, 3.63) is 34.9 Å². The maximum Gasteiger partial charge on any atom is 0.222 e. The first-order valence-electron chi connectivity index (χ1n) is 8.44. The molecule has 0 spiro atoms. The number of piperidine rings is 1. The molecule has 3 rings (SSSR count). The first kappa shape index (κ1) is 16.3. The third kappa shape index (κ3) is 3.86. The number of benzene rings is 1. The van der Waals surface area contributed by atoms with Crippen LogP contribution in [0.2, 0.25) is 5.02 Å². The van der Waals surface area contributed by atoms with Crippen LogP contribution >= 0.6 is 11.6 Å². The number of carbonyl (C=O) groups excluding carboxylic acids is 2. The molecule has 1 aliphatic heterocycles. The van der Waals surface area contributed by atoms with Crippen LogP contribution in [-0.2, 0) is 15.1 Å². The van der Waals surface area contributed by atoms with E-state index in [-0.39, 0.29) is 23.4 Å². The molecule has 1 saturated heterocycles. The molecule has 0 bridgehead atoms. The van der Waals surface area contributed by atoms with Crippen molar-refractivity contribution in [2.24, 2.45) is 0 Å². The number of halogens is 1. The molecule has 1 unspecified atom stereocenters. The molecule has 1 aromatic rings. The number of amides is 2. The van der Waals surface area contributed by atoms with E-state index < -0.39 is 0 Å². The molecular weight excluding hydrogens is 312 g/mol. The van der Waals surface area contributed by atoms with Crippen LogP contribution in [0.1, 0.15) is 56.9 Å². The van der Waals surface area contributed by atoms with Gasteiger partial charge in [0, 0.05) is 23.9 Å². The maximum absolute atomic E-state index is 12.5. The van der Waals surface area contributed by atoms with E-state index in [1.54, 1.807) is 0 Å². The van der Waals surface area contributed by atoms with Gasteiger partial charge in [-0.3, -0.25) is 9.59 Å². The van der Waals surface area contributed by atoms with Gasteiger partial charge in [-0.25, -0.2) is 0 Å². The van der Waals surface area contributed by atoms with Crippen LogP contribution in [0.25, 0.3) is 0 Å². The highest BCUT2D eigenvalue weighted by Gasteiger charge is 2.37. The topological polar surface area (TPSA) is 58.2 Å². The molecule has 2 amide bonds. The van der Waals surface area contributed by atoms with E-state index in [0.717, 1.165) is 44.1 Å². The average Bonchev–Trinajstić information content (AvgIpc) is 2.97. The van der Waals surface area contributed by atoms with Crippen molar-refractivity contribution in [3.63, 3.8) is 0 Å². The fourth-order valence-electron chi connectivity index (χ4n) is 3.83. The highest BCUT2D eigenvalue weighted by molar-refractivity contribution is 6.30. The van der Waals surface area contributed by atoms with Gasteiger partial charge in [0.15, 0.2) is 0 Å². The Morgan fingerprint density at radius 1 is 1.30 bits per heavy atom. The predicted molar refractivity (Wildman–Crippen MR) is 90.1 cm³/mol. The second-order valence-corrected chi connectivity index (χ2v) is 7.14. The molecule has 1 atom stereocenters. The van der Waals surface area contributed by atoms with E-state index in [1.807, 2.05) is 24.3 Å². The van der Waals surface area contributed by atoms with Crippen molar-refractivity contribution in [3.8, 4) is 0 Å². The van der Waals surface area contributed by atoms with Gasteiger partial charge in [0.2, 0.25) is 11.8 Å². The van der Waals surface area contributed by atoms with E-state index in [2.05, 4.69) is 10.6 Å². The van der Waals surface area contributed by atoms with E-state index in [4.69, 9.17) is 11.6 Å². The van der Waals surface area contributed by atoms with Crippen LogP contribution < -0.4 is 10.6 Å². The quantitative estimate of drug-likeness (QED) is 0.887. The van der Waals surface area contributed by atoms with Gasteiger partial charge in [-0.15, -0.1) is 0 Å². The summed E-state index contributed by atoms with van der Waals surface area (Å²) < 4.78 is 0. The molecule has 1 aromatic carbocycles. The normalized spacial score (nSPS) is 23.3. The second kappa shape index (κ2) is 6.91. The minimum absolute atomic E-state index is 0.0130. The number of rotatable bonds is 4. The van der Waals surface area contributed by atoms with Crippen molar-refractivity contribution >= 4 is 23.4 Å². The summed E-state index contributed by atoms with van der Waals surface area (Å²) >= 11 is 6.13. The summed E-state index contributed by atoms with van der Waals surface area (Å²) in [5.74, 6) is 0.0681. The zero-order valence-electron chi connectivity index (χ0n) is 13.2. The van der Waals surface area contributed by atoms with Crippen molar-refractivity contribution in [1.29, 1.82) is 0 Å². The van der Waals surface area contributed by atoms with Crippen molar-refractivity contribution in [1.82, 2.24) is 10.6 Å². The molecule has 0 radical (unpaired) electrons. The van der Waals surface area contributed by atoms with Gasteiger partial charge in [0.25, 0.3) is 0 Å². The summed E-state index contributed by atoms with van der Waals surface area (Å²) in [6, 6.07) is 7.75. The molecule has 23 heavy (non-hydrogen) atoms. The molecule has 1 heterocycles. The Morgan fingerprint density at radius 3 is 2.78 bits per heavy atom. The Balaban J connectivity index is 1.69. The molecule has 2 N–H and O–H groups in total. The summed E-state index contributed by atoms with van der Waals surface area (Å²) in [5, 5.41) is 6.86. The number of hydrogen-bond acceptors (Lipinski definition) is 2. The third-order valence-electron chi connectivity index (χ3n) is 4.97. The summed E-state index contributed by atoms with van der Waals surface area (Å²) in [6.45, 7) is 0. The third-order valence-corrected chi connectivity index (χ3v) is 5.20. The molecule has 1 aliphatic carbocycles. The van der Waals surface area contributed by atoms with Crippen LogP contribution in [0.3, 0.4) is 0 Å². The summed E-state index contributed by atoms with van der Waals surface area (Å²) in [4.78, 5) is 24.0. The lowest BCUT2D eigenvalue weighted by molar-refractivity contribution is -0.126. The molecule has 124 valence electrons. The van der Waals surface area contributed by atoms with Gasteiger partial charge in [-0.1, -0.05) is 36.6 Å². The smallest absolute Gasteiger partial charge is 0.222 e. The SMILES string of the molecule is O=C1CCCC(CC(=O)NC2(c3cccc(Cl)c3)CCCC2)N1. The van der Waals surface area contributed by atoms with Crippen LogP contribution in [0.5, 0.6) is 0 Å². The number of carbonyl (C=O) groups is 2. The van der Waals surface area contributed by atoms with E-state index in [0.29, 0.717) is 17.9 Å². The van der Waals surface area contributed by atoms with Crippen LogP contribution in [-0.4, -0.2) is 17.9 Å². The standard InChI is InChI=1S/C18H23ClN2O2/c19-14-6-3-5-13(11-14)18(9-1-2-10-18)21-17(23)12-15-7-4-8-16(22)20-15/h3,5-6,11,15H,1-2,4,7-10,12H2,(H,20,22)(H,21,23). The van der Waals surface area contributed by atoms with Gasteiger partial charge in [0.05, 0.1) is 5.54 Å². The van der Waals surface area contributed by atoms with E-state index in [9.17, 15) is 9.59 Å². The minimum atomic E-state index is -0.305. The lowest BCUT2D eigenvalue weighted by Crippen LogP contribution is -2.47. The van der Waals surface area contributed by atoms with Crippen molar-refractivity contribution in [2.45, 2.75) is 62.9 Å². The lowest BCUT2D eigenvalue weighted by atomic mass is 9.87. The predicted octanol–water partition coefficient (Wildman–Crippen LogP) is 3.28. The first-order valence-corrected chi connectivity index (χ1v) is 8.82. The van der Waals surface area contributed by atoms with Crippen LogP contribution in [0.15, 0.2) is 24.3 Å². The molecule has 2 aliphatic rings. The van der Waals surface area contributed by atoms with Gasteiger partial charge < -0.3 is 10.6 Å². The van der Waals surface area contributed by atoms with Gasteiger partial charge in [-0.05, 0) is 43.4 Å². The highest BCUT2D eigenvalue weighted by atomic mass is 35.5. The Bertz CT molecular complexity index is 596. The molecule has 2 fully saturated rings. The molecule has 0 aromatic heterocycles. The zero-order valence-corrected chi connectivity index (χ0v) is 14.0. The minimum Gasteiger partial charge on any atom is -0.353 e. The maximum atomic E-state index is 12.5. The molecule has 1 saturated carbocycles. The summed E-state index contributed by atoms with van der Waals surface area (Å²) in [6.07, 6.45) is 6.76. The Kier molecular flexibility index (Phi) is 4.90. The van der Waals surface area contributed by atoms with Crippen molar-refractivity contribution < 1.29 is 9.59 Å². The van der Waals surface area contributed by atoms with E-state index in [1.165, 1.54) is 0 Å². The zero-order chi connectivity index (χ0) is 16.3. The Hall–Kier alpha value is -1.55. The second-order valence-electron chi connectivity index (χ2n) is 6.71. The number of hydrogen-bond donors (Lipinski definition) is 2. The van der Waals surface area contributed by atoms with Crippen LogP contribution in [0, 0.1) is 0 Å². The summed E-state index contributed by atoms with van der Waals surface area (Å²) in [5.41, 5.74) is 0.782. The fourth-order valence-corrected chi connectivity index (χ4v) is 4.02. The first-order chi connectivity index (χ1) is 11.1. The monoisotopic (exact) mass is 334 g/mol. The Labute approximate surface area is 142 Å². The largest absolute Gasteiger partial charge is 0.353 e. The average molecular weight is 335 g/mol. The highest BCUT2D eigenvalue weighted by Crippen LogP contribution is 2.39. The molecule has 4 nitrogen and oxygen atoms in total. The van der Waals surface area contributed by atoms with Crippen molar-refractivity contribution in [2.75, 3.05) is 0 Å². The number of nitrogens with one attached hydrogen (secondary N) is 2. The Morgan fingerprint density at radius 2 is 2.09 bits per heavy atom. The molecule has 5 heteroatoms. The summed E-state index contributed by atoms with van der Waals surface area (Å²) in [7, 11) is 0. The van der Waals surface area contributed by atoms with Gasteiger partial charge in [-0.2, -0.15) is 0 Å². The molecular formula is C18H23ClN2O2.